The highest BCUT2D eigenvalue weighted by Crippen LogP contribution is 2.19. The Labute approximate surface area is 100.0 Å². The summed E-state index contributed by atoms with van der Waals surface area (Å²) in [6.45, 7) is 1.89. The fourth-order valence-electron chi connectivity index (χ4n) is 1.83. The molecule has 86 valence electrons. The quantitative estimate of drug-likeness (QED) is 0.827. The lowest BCUT2D eigenvalue weighted by Gasteiger charge is -2.32. The van der Waals surface area contributed by atoms with Crippen LogP contribution >= 0.6 is 11.6 Å². The molecule has 0 aromatic heterocycles. The van der Waals surface area contributed by atoms with Crippen LogP contribution in [0.1, 0.15) is 28.8 Å². The Kier molecular flexibility index (Phi) is 3.17. The van der Waals surface area contributed by atoms with Crippen LogP contribution in [0.5, 0.6) is 0 Å². The summed E-state index contributed by atoms with van der Waals surface area (Å²) in [5.74, 6) is -0.0448. The van der Waals surface area contributed by atoms with Crippen LogP contribution in [0.3, 0.4) is 0 Å². The fraction of sp³-hybridized carbons (Fsp3) is 0.417. The van der Waals surface area contributed by atoms with Crippen molar-refractivity contribution in [1.82, 2.24) is 5.32 Å². The third-order valence-corrected chi connectivity index (χ3v) is 3.35. The second-order valence-corrected chi connectivity index (χ2v) is 4.77. The number of nitrogens with one attached hydrogen (secondary N) is 1. The van der Waals surface area contributed by atoms with E-state index in [-0.39, 0.29) is 18.0 Å². The van der Waals surface area contributed by atoms with Gasteiger partial charge in [0.2, 0.25) is 0 Å². The van der Waals surface area contributed by atoms with Crippen LogP contribution in [0.4, 0.5) is 0 Å². The molecular weight excluding hydrogens is 224 g/mol. The van der Waals surface area contributed by atoms with Crippen LogP contribution in [0.2, 0.25) is 5.02 Å². The molecule has 0 bridgehead atoms. The van der Waals surface area contributed by atoms with Crippen LogP contribution < -0.4 is 11.1 Å². The molecule has 2 rings (SSSR count). The Bertz CT molecular complexity index is 413. The third kappa shape index (κ3) is 2.36. The third-order valence-electron chi connectivity index (χ3n) is 2.93. The van der Waals surface area contributed by atoms with Crippen molar-refractivity contribution in [2.24, 2.45) is 5.73 Å². The van der Waals surface area contributed by atoms with Crippen molar-refractivity contribution in [2.75, 3.05) is 0 Å². The van der Waals surface area contributed by atoms with E-state index in [0.29, 0.717) is 10.6 Å². The van der Waals surface area contributed by atoms with Crippen LogP contribution in [0, 0.1) is 6.92 Å². The van der Waals surface area contributed by atoms with E-state index >= 15 is 0 Å². The molecule has 1 aromatic carbocycles. The number of amides is 1. The largest absolute Gasteiger partial charge is 0.349 e. The summed E-state index contributed by atoms with van der Waals surface area (Å²) >= 11 is 5.90. The van der Waals surface area contributed by atoms with Crippen molar-refractivity contribution in [1.29, 1.82) is 0 Å². The van der Waals surface area contributed by atoms with Crippen molar-refractivity contribution in [3.8, 4) is 0 Å². The van der Waals surface area contributed by atoms with E-state index in [1.165, 1.54) is 0 Å². The van der Waals surface area contributed by atoms with E-state index in [1.807, 2.05) is 6.92 Å². The molecule has 1 saturated carbocycles. The molecule has 4 heteroatoms. The molecule has 3 nitrogen and oxygen atoms in total. The van der Waals surface area contributed by atoms with Crippen molar-refractivity contribution in [2.45, 2.75) is 31.8 Å². The van der Waals surface area contributed by atoms with Gasteiger partial charge in [-0.05, 0) is 43.5 Å². The monoisotopic (exact) mass is 238 g/mol. The first-order valence-corrected chi connectivity index (χ1v) is 5.76. The smallest absolute Gasteiger partial charge is 0.251 e. The normalized spacial score (nSPS) is 23.7. The number of hydrogen-bond acceptors (Lipinski definition) is 2. The summed E-state index contributed by atoms with van der Waals surface area (Å²) in [7, 11) is 0. The van der Waals surface area contributed by atoms with Gasteiger partial charge >= 0.3 is 0 Å². The highest BCUT2D eigenvalue weighted by atomic mass is 35.5. The summed E-state index contributed by atoms with van der Waals surface area (Å²) in [5.41, 5.74) is 7.23. The molecule has 0 spiro atoms. The van der Waals surface area contributed by atoms with Gasteiger partial charge in [0.05, 0.1) is 0 Å². The zero-order valence-corrected chi connectivity index (χ0v) is 9.92. The minimum atomic E-state index is -0.0448. The molecular formula is C12H15ClN2O. The molecule has 0 saturated heterocycles. The topological polar surface area (TPSA) is 55.1 Å². The minimum absolute atomic E-state index is 0.0448. The Morgan fingerprint density at radius 2 is 2.19 bits per heavy atom. The van der Waals surface area contributed by atoms with E-state index in [9.17, 15) is 4.79 Å². The van der Waals surface area contributed by atoms with Gasteiger partial charge in [0.1, 0.15) is 0 Å². The maximum atomic E-state index is 11.8. The molecule has 0 radical (unpaired) electrons. The zero-order valence-electron chi connectivity index (χ0n) is 9.16. The van der Waals surface area contributed by atoms with E-state index in [0.717, 1.165) is 18.4 Å². The van der Waals surface area contributed by atoms with Gasteiger partial charge in [-0.2, -0.15) is 0 Å². The molecule has 1 aliphatic rings. The predicted molar refractivity (Wildman–Crippen MR) is 64.7 cm³/mol. The summed E-state index contributed by atoms with van der Waals surface area (Å²) in [4.78, 5) is 11.8. The van der Waals surface area contributed by atoms with Gasteiger partial charge in [-0.1, -0.05) is 11.6 Å². The number of carbonyl (C=O) groups excluding carboxylic acids is 1. The first-order chi connectivity index (χ1) is 7.56. The van der Waals surface area contributed by atoms with Gasteiger partial charge in [0.25, 0.3) is 5.91 Å². The highest BCUT2D eigenvalue weighted by molar-refractivity contribution is 6.31. The van der Waals surface area contributed by atoms with Gasteiger partial charge in [-0.25, -0.2) is 0 Å². The second-order valence-electron chi connectivity index (χ2n) is 4.37. The number of carbonyl (C=O) groups is 1. The van der Waals surface area contributed by atoms with Crippen LogP contribution in [0.25, 0.3) is 0 Å². The Balaban J connectivity index is 2.01. The van der Waals surface area contributed by atoms with Gasteiger partial charge in [0.15, 0.2) is 0 Å². The number of benzene rings is 1. The predicted octanol–water partition coefficient (Wildman–Crippen LogP) is 1.87. The lowest BCUT2D eigenvalue weighted by molar-refractivity contribution is 0.0910. The summed E-state index contributed by atoms with van der Waals surface area (Å²) < 4.78 is 0. The van der Waals surface area contributed by atoms with Gasteiger partial charge in [-0.15, -0.1) is 0 Å². The Morgan fingerprint density at radius 3 is 2.75 bits per heavy atom. The van der Waals surface area contributed by atoms with E-state index in [2.05, 4.69) is 5.32 Å². The summed E-state index contributed by atoms with van der Waals surface area (Å²) in [5, 5.41) is 3.63. The lowest BCUT2D eigenvalue weighted by Crippen LogP contribution is -2.50. The number of aryl methyl sites for hydroxylation is 1. The van der Waals surface area contributed by atoms with Crippen molar-refractivity contribution < 1.29 is 4.79 Å². The molecule has 3 N–H and O–H groups in total. The maximum Gasteiger partial charge on any atom is 0.251 e. The Hall–Kier alpha value is -1.06. The van der Waals surface area contributed by atoms with Crippen molar-refractivity contribution in [3.05, 3.63) is 34.3 Å². The average Bonchev–Trinajstić information content (AvgIpc) is 2.19. The first kappa shape index (κ1) is 11.4. The Morgan fingerprint density at radius 1 is 1.50 bits per heavy atom. The standard InChI is InChI=1S/C12H15ClN2O/c1-7-4-8(2-3-11(7)13)12(16)15-10-5-9(14)6-10/h2-4,9-10H,5-6,14H2,1H3,(H,15,16). The number of nitrogens with two attached hydrogens (primary N) is 1. The fourth-order valence-corrected chi connectivity index (χ4v) is 1.95. The maximum absolute atomic E-state index is 11.8. The molecule has 1 amide bonds. The van der Waals surface area contributed by atoms with Crippen LogP contribution in [-0.2, 0) is 0 Å². The number of rotatable bonds is 2. The molecule has 0 aliphatic heterocycles. The summed E-state index contributed by atoms with van der Waals surface area (Å²) in [6.07, 6.45) is 1.75. The molecule has 0 heterocycles. The zero-order chi connectivity index (χ0) is 11.7. The van der Waals surface area contributed by atoms with Crippen molar-refractivity contribution in [3.63, 3.8) is 0 Å². The highest BCUT2D eigenvalue weighted by Gasteiger charge is 2.27. The van der Waals surface area contributed by atoms with Crippen molar-refractivity contribution >= 4 is 17.5 Å². The molecule has 1 fully saturated rings. The minimum Gasteiger partial charge on any atom is -0.349 e. The van der Waals surface area contributed by atoms with Crippen LogP contribution in [-0.4, -0.2) is 18.0 Å². The van der Waals surface area contributed by atoms with Gasteiger partial charge in [0, 0.05) is 22.7 Å². The lowest BCUT2D eigenvalue weighted by atomic mass is 9.87. The molecule has 1 aliphatic carbocycles. The number of halogens is 1. The van der Waals surface area contributed by atoms with E-state index < -0.39 is 0 Å². The van der Waals surface area contributed by atoms with E-state index in [4.69, 9.17) is 17.3 Å². The average molecular weight is 239 g/mol. The molecule has 16 heavy (non-hydrogen) atoms. The second kappa shape index (κ2) is 4.44. The van der Waals surface area contributed by atoms with Gasteiger partial charge < -0.3 is 11.1 Å². The number of hydrogen-bond donors (Lipinski definition) is 2. The van der Waals surface area contributed by atoms with Crippen LogP contribution in [0.15, 0.2) is 18.2 Å². The van der Waals surface area contributed by atoms with E-state index in [1.54, 1.807) is 18.2 Å². The van der Waals surface area contributed by atoms with Gasteiger partial charge in [-0.3, -0.25) is 4.79 Å². The summed E-state index contributed by atoms with van der Waals surface area (Å²) in [6, 6.07) is 5.77. The molecule has 1 aromatic rings. The molecule has 0 unspecified atom stereocenters. The molecule has 0 atom stereocenters. The SMILES string of the molecule is Cc1cc(C(=O)NC2CC(N)C2)ccc1Cl. The first-order valence-electron chi connectivity index (χ1n) is 5.39.